The number of nitrogens with zero attached hydrogens (tertiary/aromatic N) is 1. The van der Waals surface area contributed by atoms with Crippen LogP contribution in [-0.4, -0.2) is 17.3 Å². The van der Waals surface area contributed by atoms with Crippen LogP contribution >= 0.6 is 0 Å². The molecule has 0 aliphatic carbocycles. The summed E-state index contributed by atoms with van der Waals surface area (Å²) in [5.74, 6) is 0.885. The monoisotopic (exact) mass is 190 g/mol. The molecule has 0 spiro atoms. The lowest BCUT2D eigenvalue weighted by molar-refractivity contribution is 0.415. The number of benzene rings is 1. The highest BCUT2D eigenvalue weighted by atomic mass is 16.5. The molecule has 0 saturated carbocycles. The Morgan fingerprint density at radius 1 is 1.43 bits per heavy atom. The van der Waals surface area contributed by atoms with Gasteiger partial charge in [-0.25, -0.2) is 0 Å². The topological polar surface area (TPSA) is 37.9 Å². The summed E-state index contributed by atoms with van der Waals surface area (Å²) in [5.41, 5.74) is 2.20. The number of methoxy groups -OCH3 is 1. The fraction of sp³-hybridized carbons (Fsp3) is 0.364. The smallest absolute Gasteiger partial charge is 0.119 e. The molecule has 0 amide bonds. The average Bonchev–Trinajstić information content (AvgIpc) is 2.61. The van der Waals surface area contributed by atoms with Crippen molar-refractivity contribution in [3.8, 4) is 5.75 Å². The van der Waals surface area contributed by atoms with Gasteiger partial charge in [-0.05, 0) is 24.6 Å². The van der Waals surface area contributed by atoms with E-state index in [0.29, 0.717) is 0 Å². The van der Waals surface area contributed by atoms with Gasteiger partial charge >= 0.3 is 0 Å². The predicted octanol–water partition coefficient (Wildman–Crippen LogP) is 2.52. The van der Waals surface area contributed by atoms with Crippen molar-refractivity contribution >= 4 is 10.9 Å². The largest absolute Gasteiger partial charge is 0.497 e. The van der Waals surface area contributed by atoms with E-state index in [-0.39, 0.29) is 0 Å². The molecular formula is C11H14N2O. The number of aryl methyl sites for hydroxylation is 1. The van der Waals surface area contributed by atoms with Gasteiger partial charge in [0, 0.05) is 11.1 Å². The maximum atomic E-state index is 5.18. The van der Waals surface area contributed by atoms with Crippen molar-refractivity contribution < 1.29 is 4.74 Å². The molecule has 0 fully saturated rings. The Bertz CT molecular complexity index is 434. The van der Waals surface area contributed by atoms with Crippen LogP contribution in [0.1, 0.15) is 19.0 Å². The van der Waals surface area contributed by atoms with E-state index in [0.717, 1.165) is 24.1 Å². The van der Waals surface area contributed by atoms with Crippen molar-refractivity contribution in [3.63, 3.8) is 0 Å². The summed E-state index contributed by atoms with van der Waals surface area (Å²) in [5, 5.41) is 8.46. The van der Waals surface area contributed by atoms with Crippen LogP contribution in [0.4, 0.5) is 0 Å². The summed E-state index contributed by atoms with van der Waals surface area (Å²) in [6, 6.07) is 5.94. The lowest BCUT2D eigenvalue weighted by Gasteiger charge is -1.99. The second kappa shape index (κ2) is 3.70. The van der Waals surface area contributed by atoms with Crippen LogP contribution < -0.4 is 4.74 Å². The zero-order valence-electron chi connectivity index (χ0n) is 8.50. The first-order chi connectivity index (χ1) is 6.85. The Morgan fingerprint density at radius 2 is 2.29 bits per heavy atom. The van der Waals surface area contributed by atoms with Crippen molar-refractivity contribution in [2.75, 3.05) is 7.11 Å². The standard InChI is InChI=1S/C11H14N2O/c1-3-4-10-9-7-8(14-2)5-6-11(9)13-12-10/h5-7H,3-4H2,1-2H3,(H,12,13). The normalized spacial score (nSPS) is 10.7. The zero-order chi connectivity index (χ0) is 9.97. The van der Waals surface area contributed by atoms with Gasteiger partial charge in [0.1, 0.15) is 5.75 Å². The second-order valence-electron chi connectivity index (χ2n) is 3.34. The van der Waals surface area contributed by atoms with E-state index < -0.39 is 0 Å². The van der Waals surface area contributed by atoms with Crippen LogP contribution in [0.5, 0.6) is 5.75 Å². The molecule has 0 bridgehead atoms. The van der Waals surface area contributed by atoms with Gasteiger partial charge in [-0.3, -0.25) is 5.10 Å². The van der Waals surface area contributed by atoms with Crippen LogP contribution in [-0.2, 0) is 6.42 Å². The van der Waals surface area contributed by atoms with E-state index in [1.54, 1.807) is 7.11 Å². The van der Waals surface area contributed by atoms with E-state index in [4.69, 9.17) is 4.74 Å². The molecule has 1 N–H and O–H groups in total. The van der Waals surface area contributed by atoms with E-state index in [2.05, 4.69) is 17.1 Å². The third-order valence-corrected chi connectivity index (χ3v) is 2.34. The van der Waals surface area contributed by atoms with Crippen molar-refractivity contribution in [3.05, 3.63) is 23.9 Å². The third-order valence-electron chi connectivity index (χ3n) is 2.34. The molecule has 74 valence electrons. The van der Waals surface area contributed by atoms with Gasteiger partial charge in [0.15, 0.2) is 0 Å². The Hall–Kier alpha value is -1.51. The summed E-state index contributed by atoms with van der Waals surface area (Å²) in [6.45, 7) is 2.16. The number of rotatable bonds is 3. The molecular weight excluding hydrogens is 176 g/mol. The van der Waals surface area contributed by atoms with Gasteiger partial charge in [0.25, 0.3) is 0 Å². The SMILES string of the molecule is CCCc1[nH]nc2ccc(OC)cc12. The van der Waals surface area contributed by atoms with Crippen LogP contribution in [0.25, 0.3) is 10.9 Å². The van der Waals surface area contributed by atoms with Crippen molar-refractivity contribution in [2.24, 2.45) is 0 Å². The molecule has 1 aromatic carbocycles. The molecule has 0 saturated heterocycles. The van der Waals surface area contributed by atoms with Crippen LogP contribution in [0, 0.1) is 0 Å². The molecule has 14 heavy (non-hydrogen) atoms. The summed E-state index contributed by atoms with van der Waals surface area (Å²) < 4.78 is 5.18. The summed E-state index contributed by atoms with van der Waals surface area (Å²) in [6.07, 6.45) is 2.15. The minimum absolute atomic E-state index is 0.885. The number of ether oxygens (including phenoxy) is 1. The maximum Gasteiger partial charge on any atom is 0.119 e. The highest BCUT2D eigenvalue weighted by Crippen LogP contribution is 2.22. The number of H-pyrrole nitrogens is 1. The van der Waals surface area contributed by atoms with E-state index in [1.807, 2.05) is 18.2 Å². The zero-order valence-corrected chi connectivity index (χ0v) is 8.50. The quantitative estimate of drug-likeness (QED) is 0.807. The second-order valence-corrected chi connectivity index (χ2v) is 3.34. The molecule has 1 heterocycles. The van der Waals surface area contributed by atoms with Crippen molar-refractivity contribution in [1.82, 2.24) is 10.2 Å². The maximum absolute atomic E-state index is 5.18. The van der Waals surface area contributed by atoms with Gasteiger partial charge in [-0.15, -0.1) is 0 Å². The lowest BCUT2D eigenvalue weighted by atomic mass is 10.1. The first kappa shape index (κ1) is 9.06. The first-order valence-corrected chi connectivity index (χ1v) is 4.86. The summed E-state index contributed by atoms with van der Waals surface area (Å²) in [4.78, 5) is 0. The molecule has 2 rings (SSSR count). The fourth-order valence-corrected chi connectivity index (χ4v) is 1.61. The minimum atomic E-state index is 0.885. The molecule has 0 aliphatic heterocycles. The average molecular weight is 190 g/mol. The highest BCUT2D eigenvalue weighted by molar-refractivity contribution is 5.82. The minimum Gasteiger partial charge on any atom is -0.497 e. The van der Waals surface area contributed by atoms with Gasteiger partial charge in [-0.1, -0.05) is 13.3 Å². The Kier molecular flexibility index (Phi) is 2.39. The molecule has 3 heteroatoms. The molecule has 1 aromatic heterocycles. The van der Waals surface area contributed by atoms with Crippen LogP contribution in [0.15, 0.2) is 18.2 Å². The number of hydrogen-bond acceptors (Lipinski definition) is 2. The van der Waals surface area contributed by atoms with Gasteiger partial charge in [0.2, 0.25) is 0 Å². The van der Waals surface area contributed by atoms with Gasteiger partial charge in [-0.2, -0.15) is 5.10 Å². The number of nitrogens with one attached hydrogen (secondary N) is 1. The Morgan fingerprint density at radius 3 is 3.00 bits per heavy atom. The van der Waals surface area contributed by atoms with Gasteiger partial charge < -0.3 is 4.74 Å². The number of aromatic amines is 1. The van der Waals surface area contributed by atoms with Crippen LogP contribution in [0.3, 0.4) is 0 Å². The van der Waals surface area contributed by atoms with E-state index in [9.17, 15) is 0 Å². The van der Waals surface area contributed by atoms with E-state index >= 15 is 0 Å². The Labute approximate surface area is 83.1 Å². The number of hydrogen-bond donors (Lipinski definition) is 1. The third kappa shape index (κ3) is 1.45. The number of aromatic nitrogens is 2. The molecule has 0 atom stereocenters. The molecule has 2 aromatic rings. The predicted molar refractivity (Wildman–Crippen MR) is 56.6 cm³/mol. The Balaban J connectivity index is 2.52. The molecule has 0 unspecified atom stereocenters. The van der Waals surface area contributed by atoms with Crippen molar-refractivity contribution in [1.29, 1.82) is 0 Å². The first-order valence-electron chi connectivity index (χ1n) is 4.86. The van der Waals surface area contributed by atoms with E-state index in [1.165, 1.54) is 11.1 Å². The molecule has 3 nitrogen and oxygen atoms in total. The summed E-state index contributed by atoms with van der Waals surface area (Å²) >= 11 is 0. The van der Waals surface area contributed by atoms with Crippen molar-refractivity contribution in [2.45, 2.75) is 19.8 Å². The highest BCUT2D eigenvalue weighted by Gasteiger charge is 2.04. The lowest BCUT2D eigenvalue weighted by Crippen LogP contribution is -1.85. The fourth-order valence-electron chi connectivity index (χ4n) is 1.61. The van der Waals surface area contributed by atoms with Crippen LogP contribution in [0.2, 0.25) is 0 Å². The molecule has 0 radical (unpaired) electrons. The number of fused-ring (bicyclic) bond motifs is 1. The van der Waals surface area contributed by atoms with Gasteiger partial charge in [0.05, 0.1) is 12.6 Å². The molecule has 0 aliphatic rings. The summed E-state index contributed by atoms with van der Waals surface area (Å²) in [7, 11) is 1.68.